The molecule has 0 aliphatic heterocycles. The molecule has 0 radical (unpaired) electrons. The second-order valence-electron chi connectivity index (χ2n) is 5.01. The second-order valence-corrected chi connectivity index (χ2v) is 5.01. The van der Waals surface area contributed by atoms with Crippen LogP contribution in [0, 0.1) is 0 Å². The number of hydrogen-bond donors (Lipinski definition) is 2. The van der Waals surface area contributed by atoms with Gasteiger partial charge in [-0.1, -0.05) is 37.1 Å². The fourth-order valence-electron chi connectivity index (χ4n) is 2.68. The molecule has 1 fully saturated rings. The third-order valence-corrected chi connectivity index (χ3v) is 3.66. The van der Waals surface area contributed by atoms with Gasteiger partial charge in [0.05, 0.1) is 0 Å². The van der Waals surface area contributed by atoms with E-state index in [0.717, 1.165) is 23.6 Å². The molecule has 1 saturated carbocycles. The second kappa shape index (κ2) is 4.88. The minimum atomic E-state index is -0.986. The van der Waals surface area contributed by atoms with Gasteiger partial charge in [0.1, 0.15) is 5.82 Å². The molecule has 98 valence electrons. The molecule has 1 heterocycles. The third kappa shape index (κ3) is 2.38. The van der Waals surface area contributed by atoms with Gasteiger partial charge < -0.3 is 10.4 Å². The van der Waals surface area contributed by atoms with Crippen molar-refractivity contribution in [1.82, 2.24) is 4.98 Å². The lowest BCUT2D eigenvalue weighted by atomic mass is 10.1. The predicted molar refractivity (Wildman–Crippen MR) is 74.6 cm³/mol. The van der Waals surface area contributed by atoms with E-state index in [-0.39, 0.29) is 5.69 Å². The fourth-order valence-corrected chi connectivity index (χ4v) is 2.68. The van der Waals surface area contributed by atoms with E-state index in [0.29, 0.717) is 11.9 Å². The summed E-state index contributed by atoms with van der Waals surface area (Å²) in [5, 5.41) is 14.4. The first-order valence-corrected chi connectivity index (χ1v) is 6.63. The van der Waals surface area contributed by atoms with Crippen molar-refractivity contribution < 1.29 is 9.90 Å². The molecule has 1 aliphatic rings. The van der Waals surface area contributed by atoms with Crippen molar-refractivity contribution in [3.63, 3.8) is 0 Å². The average molecular weight is 256 g/mol. The van der Waals surface area contributed by atoms with Crippen molar-refractivity contribution in [3.8, 4) is 0 Å². The van der Waals surface area contributed by atoms with Crippen LogP contribution >= 0.6 is 0 Å². The molecule has 0 atom stereocenters. The Kier molecular flexibility index (Phi) is 3.07. The molecule has 4 heteroatoms. The molecule has 3 rings (SSSR count). The maximum atomic E-state index is 11.1. The van der Waals surface area contributed by atoms with Crippen molar-refractivity contribution in [2.75, 3.05) is 5.32 Å². The molecule has 2 aromatic rings. The van der Waals surface area contributed by atoms with E-state index in [1.807, 2.05) is 24.3 Å². The van der Waals surface area contributed by atoms with Crippen LogP contribution in [0.5, 0.6) is 0 Å². The maximum absolute atomic E-state index is 11.1. The molecule has 4 nitrogen and oxygen atoms in total. The van der Waals surface area contributed by atoms with E-state index in [1.54, 1.807) is 6.07 Å². The molecule has 0 bridgehead atoms. The number of anilines is 1. The first kappa shape index (κ1) is 12.0. The molecular weight excluding hydrogens is 240 g/mol. The van der Waals surface area contributed by atoms with Gasteiger partial charge in [-0.2, -0.15) is 0 Å². The lowest BCUT2D eigenvalue weighted by Crippen LogP contribution is -2.17. The topological polar surface area (TPSA) is 62.2 Å². The Labute approximate surface area is 111 Å². The van der Waals surface area contributed by atoms with Gasteiger partial charge in [-0.25, -0.2) is 9.78 Å². The zero-order valence-corrected chi connectivity index (χ0v) is 10.6. The van der Waals surface area contributed by atoms with E-state index in [9.17, 15) is 4.79 Å². The van der Waals surface area contributed by atoms with E-state index in [4.69, 9.17) is 5.11 Å². The van der Waals surface area contributed by atoms with E-state index in [1.165, 1.54) is 12.8 Å². The van der Waals surface area contributed by atoms with Crippen molar-refractivity contribution in [3.05, 3.63) is 36.0 Å². The molecule has 1 aromatic heterocycles. The highest BCUT2D eigenvalue weighted by atomic mass is 16.4. The van der Waals surface area contributed by atoms with Gasteiger partial charge in [-0.05, 0) is 24.3 Å². The number of carboxylic acids is 1. The fraction of sp³-hybridized carbons (Fsp3) is 0.333. The summed E-state index contributed by atoms with van der Waals surface area (Å²) in [6, 6.07) is 9.80. The monoisotopic (exact) mass is 256 g/mol. The van der Waals surface area contributed by atoms with E-state index in [2.05, 4.69) is 10.3 Å². The Balaban J connectivity index is 2.06. The molecule has 0 unspecified atom stereocenters. The molecular formula is C15H16N2O2. The largest absolute Gasteiger partial charge is 0.477 e. The Morgan fingerprint density at radius 3 is 2.74 bits per heavy atom. The first-order valence-electron chi connectivity index (χ1n) is 6.63. The van der Waals surface area contributed by atoms with Crippen LogP contribution in [-0.4, -0.2) is 22.1 Å². The number of benzene rings is 1. The highest BCUT2D eigenvalue weighted by molar-refractivity contribution is 5.97. The van der Waals surface area contributed by atoms with Crippen LogP contribution < -0.4 is 5.32 Å². The first-order chi connectivity index (χ1) is 9.24. The lowest BCUT2D eigenvalue weighted by Gasteiger charge is -2.15. The summed E-state index contributed by atoms with van der Waals surface area (Å²) < 4.78 is 0. The molecule has 0 amide bonds. The van der Waals surface area contributed by atoms with Crippen LogP contribution in [0.2, 0.25) is 0 Å². The molecule has 19 heavy (non-hydrogen) atoms. The summed E-state index contributed by atoms with van der Waals surface area (Å²) in [6.45, 7) is 0. The number of aromatic carboxylic acids is 1. The zero-order valence-electron chi connectivity index (χ0n) is 10.6. The van der Waals surface area contributed by atoms with Crippen molar-refractivity contribution in [1.29, 1.82) is 0 Å². The number of fused-ring (bicyclic) bond motifs is 1. The number of pyridine rings is 1. The highest BCUT2D eigenvalue weighted by Crippen LogP contribution is 2.27. The standard InChI is InChI=1S/C15H16N2O2/c18-15(19)13-9-10-5-1-4-8-12(10)14(17-13)16-11-6-2-3-7-11/h1,4-5,8-9,11H,2-3,6-7H2,(H,16,17)(H,18,19). The minimum absolute atomic E-state index is 0.0965. The quantitative estimate of drug-likeness (QED) is 0.884. The van der Waals surface area contributed by atoms with Crippen LogP contribution in [0.3, 0.4) is 0 Å². The van der Waals surface area contributed by atoms with Gasteiger partial charge in [0, 0.05) is 11.4 Å². The summed E-state index contributed by atoms with van der Waals surface area (Å²) in [4.78, 5) is 15.4. The van der Waals surface area contributed by atoms with Crippen LogP contribution in [0.15, 0.2) is 30.3 Å². The normalized spacial score (nSPS) is 15.8. The smallest absolute Gasteiger partial charge is 0.354 e. The van der Waals surface area contributed by atoms with Gasteiger partial charge in [-0.3, -0.25) is 0 Å². The summed E-state index contributed by atoms with van der Waals surface area (Å²) in [5.74, 6) is -0.289. The van der Waals surface area contributed by atoms with Gasteiger partial charge in [0.2, 0.25) is 0 Å². The molecule has 1 aromatic carbocycles. The lowest BCUT2D eigenvalue weighted by molar-refractivity contribution is 0.0691. The van der Waals surface area contributed by atoms with Crippen LogP contribution in [0.1, 0.15) is 36.2 Å². The SMILES string of the molecule is O=C(O)c1cc2ccccc2c(NC2CCCC2)n1. The minimum Gasteiger partial charge on any atom is -0.477 e. The Morgan fingerprint density at radius 2 is 2.00 bits per heavy atom. The number of aromatic nitrogens is 1. The maximum Gasteiger partial charge on any atom is 0.354 e. The van der Waals surface area contributed by atoms with Gasteiger partial charge in [0.15, 0.2) is 5.69 Å². The third-order valence-electron chi connectivity index (χ3n) is 3.66. The zero-order chi connectivity index (χ0) is 13.2. The van der Waals surface area contributed by atoms with Crippen molar-refractivity contribution in [2.24, 2.45) is 0 Å². The van der Waals surface area contributed by atoms with Crippen molar-refractivity contribution in [2.45, 2.75) is 31.7 Å². The van der Waals surface area contributed by atoms with Gasteiger partial charge in [0.25, 0.3) is 0 Å². The molecule has 0 spiro atoms. The summed E-state index contributed by atoms with van der Waals surface area (Å²) in [5.41, 5.74) is 0.0965. The van der Waals surface area contributed by atoms with E-state index >= 15 is 0 Å². The predicted octanol–water partition coefficient (Wildman–Crippen LogP) is 3.29. The Hall–Kier alpha value is -2.10. The van der Waals surface area contributed by atoms with Crippen LogP contribution in [0.25, 0.3) is 10.8 Å². The van der Waals surface area contributed by atoms with Crippen LogP contribution in [-0.2, 0) is 0 Å². The van der Waals surface area contributed by atoms with Gasteiger partial charge >= 0.3 is 5.97 Å². The summed E-state index contributed by atoms with van der Waals surface area (Å²) in [7, 11) is 0. The Bertz CT molecular complexity index is 619. The van der Waals surface area contributed by atoms with Crippen LogP contribution in [0.4, 0.5) is 5.82 Å². The number of nitrogens with zero attached hydrogens (tertiary/aromatic N) is 1. The number of carbonyl (C=O) groups is 1. The Morgan fingerprint density at radius 1 is 1.26 bits per heavy atom. The summed E-state index contributed by atoms with van der Waals surface area (Å²) in [6.07, 6.45) is 4.73. The molecule has 1 aliphatic carbocycles. The van der Waals surface area contributed by atoms with Crippen molar-refractivity contribution >= 4 is 22.6 Å². The highest BCUT2D eigenvalue weighted by Gasteiger charge is 2.17. The average Bonchev–Trinajstić information content (AvgIpc) is 2.91. The number of carboxylic acid groups (broad SMARTS) is 1. The number of nitrogens with one attached hydrogen (secondary N) is 1. The van der Waals surface area contributed by atoms with Gasteiger partial charge in [-0.15, -0.1) is 0 Å². The molecule has 2 N–H and O–H groups in total. The summed E-state index contributed by atoms with van der Waals surface area (Å²) >= 11 is 0. The number of hydrogen-bond acceptors (Lipinski definition) is 3. The number of rotatable bonds is 3. The molecule has 0 saturated heterocycles. The van der Waals surface area contributed by atoms with E-state index < -0.39 is 5.97 Å².